The highest BCUT2D eigenvalue weighted by Gasteiger charge is 2.44. The molecule has 2 aliphatic heterocycles. The molecule has 0 radical (unpaired) electrons. The van der Waals surface area contributed by atoms with Crippen LogP contribution in [0, 0.1) is 0 Å². The Kier molecular flexibility index (Phi) is 12.9. The van der Waals surface area contributed by atoms with E-state index in [0.29, 0.717) is 62.4 Å². The topological polar surface area (TPSA) is 132 Å². The summed E-state index contributed by atoms with van der Waals surface area (Å²) in [7, 11) is 0. The monoisotopic (exact) mass is 740 g/mol. The Hall–Kier alpha value is -1.04. The highest BCUT2D eigenvalue weighted by Crippen LogP contribution is 2.72. The van der Waals surface area contributed by atoms with Gasteiger partial charge in [0.2, 0.25) is 13.0 Å². The SMILES string of the molecule is CC(CCl)=NNC1=NC(c2ccccc2Cl)P(=O)(NCCCNP2(=O)SC(NN=C(C)CCl)=NC2c2ccccc2Cl)S1. The van der Waals surface area contributed by atoms with E-state index in [1.54, 1.807) is 26.0 Å². The third kappa shape index (κ3) is 9.03. The lowest BCUT2D eigenvalue weighted by Crippen LogP contribution is -2.20. The van der Waals surface area contributed by atoms with Gasteiger partial charge >= 0.3 is 0 Å². The van der Waals surface area contributed by atoms with Crippen LogP contribution in [0.2, 0.25) is 10.0 Å². The molecule has 2 aromatic rings. The zero-order chi connectivity index (χ0) is 31.0. The average molecular weight is 742 g/mol. The van der Waals surface area contributed by atoms with Gasteiger partial charge in [0.15, 0.2) is 21.9 Å². The largest absolute Gasteiger partial charge is 0.292 e. The van der Waals surface area contributed by atoms with Gasteiger partial charge in [-0.05, 0) is 55.2 Å². The molecule has 2 aromatic carbocycles. The molecular weight excluding hydrogens is 712 g/mol. The number of halogens is 4. The van der Waals surface area contributed by atoms with Gasteiger partial charge < -0.3 is 0 Å². The summed E-state index contributed by atoms with van der Waals surface area (Å²) in [5, 5.41) is 16.5. The lowest BCUT2D eigenvalue weighted by Gasteiger charge is -2.22. The van der Waals surface area contributed by atoms with E-state index in [1.807, 2.05) is 36.4 Å². The maximum absolute atomic E-state index is 14.2. The van der Waals surface area contributed by atoms with Crippen LogP contribution in [0.4, 0.5) is 0 Å². The zero-order valence-corrected chi connectivity index (χ0v) is 29.6. The second kappa shape index (κ2) is 16.0. The van der Waals surface area contributed by atoms with Gasteiger partial charge in [-0.25, -0.2) is 9.98 Å². The average Bonchev–Trinajstić information content (AvgIpc) is 3.51. The molecule has 4 unspecified atom stereocenters. The highest BCUT2D eigenvalue weighted by molar-refractivity contribution is 8.65. The molecule has 0 saturated carbocycles. The van der Waals surface area contributed by atoms with E-state index in [4.69, 9.17) is 46.4 Å². The molecule has 10 nitrogen and oxygen atoms in total. The standard InChI is InChI=1S/C25H30Cl4N8O2P2S2/c1-16(14-26)34-36-24-32-22(18-8-3-5-10-20(18)28)40(38,42-24)30-12-7-13-31-41(39)23(19-9-4-6-11-21(19)29)33-25(43-41)37-35-17(2)15-27/h3-6,8-11,22-23H,7,12-15H2,1-2H3,(H,30,38)(H,31,39)(H,32,36)(H,33,37). The Morgan fingerprint density at radius 1 is 0.767 bits per heavy atom. The van der Waals surface area contributed by atoms with Gasteiger partial charge in [-0.2, -0.15) is 10.2 Å². The molecule has 0 amide bonds. The van der Waals surface area contributed by atoms with E-state index in [0.717, 1.165) is 22.8 Å². The quantitative estimate of drug-likeness (QED) is 0.0562. The number of nitrogens with one attached hydrogen (secondary N) is 4. The van der Waals surface area contributed by atoms with Crippen molar-refractivity contribution in [3.8, 4) is 0 Å². The number of hydrazone groups is 2. The molecule has 0 spiro atoms. The van der Waals surface area contributed by atoms with Crippen molar-refractivity contribution in [2.45, 2.75) is 31.8 Å². The molecule has 43 heavy (non-hydrogen) atoms. The number of rotatable bonds is 12. The van der Waals surface area contributed by atoms with Crippen LogP contribution in [0.1, 0.15) is 43.0 Å². The van der Waals surface area contributed by atoms with Crippen molar-refractivity contribution in [2.75, 3.05) is 24.8 Å². The number of nitrogens with zero attached hydrogens (tertiary/aromatic N) is 4. The summed E-state index contributed by atoms with van der Waals surface area (Å²) in [6.45, 7) is -2.12. The maximum Gasteiger partial charge on any atom is 0.236 e. The Balaban J connectivity index is 1.42. The van der Waals surface area contributed by atoms with E-state index >= 15 is 0 Å². The van der Waals surface area contributed by atoms with Crippen molar-refractivity contribution in [3.05, 3.63) is 69.7 Å². The van der Waals surface area contributed by atoms with E-state index < -0.39 is 24.6 Å². The molecule has 0 aromatic heterocycles. The van der Waals surface area contributed by atoms with Crippen molar-refractivity contribution in [1.29, 1.82) is 0 Å². The van der Waals surface area contributed by atoms with Crippen LogP contribution in [-0.4, -0.2) is 46.6 Å². The van der Waals surface area contributed by atoms with Crippen molar-refractivity contribution < 1.29 is 9.13 Å². The second-order valence-electron chi connectivity index (χ2n) is 9.39. The van der Waals surface area contributed by atoms with Gasteiger partial charge in [0.1, 0.15) is 0 Å². The van der Waals surface area contributed by atoms with Gasteiger partial charge in [0.25, 0.3) is 0 Å². The van der Waals surface area contributed by atoms with E-state index in [9.17, 15) is 9.13 Å². The number of alkyl halides is 2. The van der Waals surface area contributed by atoms with Crippen molar-refractivity contribution in [1.82, 2.24) is 21.0 Å². The molecule has 4 rings (SSSR count). The number of hydrogen-bond acceptors (Lipinski definition) is 10. The number of benzene rings is 2. The minimum absolute atomic E-state index is 0.254. The van der Waals surface area contributed by atoms with Crippen LogP contribution in [-0.2, 0) is 9.13 Å². The minimum atomic E-state index is -3.20. The third-order valence-electron chi connectivity index (χ3n) is 6.02. The van der Waals surface area contributed by atoms with Gasteiger partial charge in [0, 0.05) is 45.7 Å². The Bertz CT molecular complexity index is 1430. The summed E-state index contributed by atoms with van der Waals surface area (Å²) in [6.07, 6.45) is 0.512. The summed E-state index contributed by atoms with van der Waals surface area (Å²) in [6, 6.07) is 14.4. The fraction of sp³-hybridized carbons (Fsp3) is 0.360. The van der Waals surface area contributed by atoms with Crippen molar-refractivity contribution in [3.63, 3.8) is 0 Å². The predicted molar refractivity (Wildman–Crippen MR) is 188 cm³/mol. The first-order chi connectivity index (χ1) is 20.6. The lowest BCUT2D eigenvalue weighted by molar-refractivity contribution is 0.561. The van der Waals surface area contributed by atoms with E-state index in [-0.39, 0.29) is 11.8 Å². The maximum atomic E-state index is 14.2. The van der Waals surface area contributed by atoms with Crippen LogP contribution < -0.4 is 21.0 Å². The Morgan fingerprint density at radius 2 is 1.16 bits per heavy atom. The van der Waals surface area contributed by atoms with Crippen LogP contribution in [0.3, 0.4) is 0 Å². The van der Waals surface area contributed by atoms with Gasteiger partial charge in [-0.15, -0.1) is 23.2 Å². The minimum Gasteiger partial charge on any atom is -0.292 e. The smallest absolute Gasteiger partial charge is 0.236 e. The van der Waals surface area contributed by atoms with Crippen LogP contribution in [0.25, 0.3) is 0 Å². The number of hydrogen-bond donors (Lipinski definition) is 4. The van der Waals surface area contributed by atoms with Crippen molar-refractivity contribution >= 4 is 104 Å². The number of aliphatic imine (C=N–C) groups is 2. The van der Waals surface area contributed by atoms with Crippen LogP contribution in [0.15, 0.2) is 68.7 Å². The van der Waals surface area contributed by atoms with E-state index in [1.165, 1.54) is 0 Å². The molecule has 0 fully saturated rings. The third-order valence-corrected chi connectivity index (χ3v) is 16.8. The van der Waals surface area contributed by atoms with E-state index in [2.05, 4.69) is 41.2 Å². The summed E-state index contributed by atoms with van der Waals surface area (Å²) < 4.78 is 28.4. The summed E-state index contributed by atoms with van der Waals surface area (Å²) in [4.78, 5) is 9.28. The van der Waals surface area contributed by atoms with Crippen molar-refractivity contribution in [2.24, 2.45) is 20.2 Å². The molecule has 4 N–H and O–H groups in total. The normalized spacial score (nSPS) is 25.9. The highest BCUT2D eigenvalue weighted by atomic mass is 35.5. The molecule has 18 heteroatoms. The second-order valence-corrected chi connectivity index (χ2v) is 20.2. The molecular formula is C25H30Cl4N8O2P2S2. The molecule has 2 heterocycles. The lowest BCUT2D eigenvalue weighted by atomic mass is 10.2. The van der Waals surface area contributed by atoms with Crippen LogP contribution >= 0.6 is 82.2 Å². The fourth-order valence-corrected chi connectivity index (χ4v) is 13.7. The molecule has 4 atom stereocenters. The molecule has 2 aliphatic rings. The van der Waals surface area contributed by atoms with Crippen LogP contribution in [0.5, 0.6) is 0 Å². The fourth-order valence-electron chi connectivity index (χ4n) is 3.89. The first kappa shape index (κ1) is 34.8. The molecule has 232 valence electrons. The van der Waals surface area contributed by atoms with Gasteiger partial charge in [-0.3, -0.25) is 30.2 Å². The molecule has 0 saturated heterocycles. The number of amidine groups is 2. The summed E-state index contributed by atoms with van der Waals surface area (Å²) >= 11 is 26.8. The van der Waals surface area contributed by atoms with Gasteiger partial charge in [-0.1, -0.05) is 59.6 Å². The molecule has 0 bridgehead atoms. The summed E-state index contributed by atoms with van der Waals surface area (Å²) in [5.41, 5.74) is 8.36. The summed E-state index contributed by atoms with van der Waals surface area (Å²) in [5.74, 6) is -0.907. The van der Waals surface area contributed by atoms with Gasteiger partial charge in [0.05, 0.1) is 11.8 Å². The molecule has 0 aliphatic carbocycles. The first-order valence-electron chi connectivity index (χ1n) is 13.0. The first-order valence-corrected chi connectivity index (χ1v) is 21.2. The Morgan fingerprint density at radius 3 is 1.53 bits per heavy atom. The predicted octanol–water partition coefficient (Wildman–Crippen LogP) is 8.26. The Labute approximate surface area is 279 Å². The zero-order valence-electron chi connectivity index (χ0n) is 23.1.